The first-order valence-electron chi connectivity index (χ1n) is 10.9. The maximum Gasteiger partial charge on any atom is 0.191 e. The predicted molar refractivity (Wildman–Crippen MR) is 118 cm³/mol. The summed E-state index contributed by atoms with van der Waals surface area (Å²) >= 11 is 0. The zero-order chi connectivity index (χ0) is 20.4. The van der Waals surface area contributed by atoms with Gasteiger partial charge in [-0.1, -0.05) is 25.0 Å². The Morgan fingerprint density at radius 3 is 2.62 bits per heavy atom. The molecule has 1 fully saturated rings. The van der Waals surface area contributed by atoms with Crippen LogP contribution < -0.4 is 10.6 Å². The molecule has 3 rings (SSSR count). The molecule has 1 aromatic carbocycles. The zero-order valence-corrected chi connectivity index (χ0v) is 17.9. The molecular weight excluding hydrogens is 362 g/mol. The van der Waals surface area contributed by atoms with E-state index in [-0.39, 0.29) is 0 Å². The molecule has 6 nitrogen and oxygen atoms in total. The third-order valence-electron chi connectivity index (χ3n) is 5.75. The van der Waals surface area contributed by atoms with Crippen LogP contribution in [0.25, 0.3) is 5.69 Å². The average molecular weight is 398 g/mol. The van der Waals surface area contributed by atoms with Crippen molar-refractivity contribution in [1.29, 1.82) is 0 Å². The first-order valence-corrected chi connectivity index (χ1v) is 10.9. The maximum atomic E-state index is 5.64. The third-order valence-corrected chi connectivity index (χ3v) is 5.75. The summed E-state index contributed by atoms with van der Waals surface area (Å²) in [5.41, 5.74) is 2.59. The van der Waals surface area contributed by atoms with Gasteiger partial charge in [-0.25, -0.2) is 9.67 Å². The molecule has 0 amide bonds. The Labute approximate surface area is 174 Å². The molecule has 1 aliphatic rings. The number of ether oxygens (including phenoxy) is 1. The summed E-state index contributed by atoms with van der Waals surface area (Å²) < 4.78 is 7.50. The molecule has 0 spiro atoms. The van der Waals surface area contributed by atoms with E-state index in [0.717, 1.165) is 44.4 Å². The van der Waals surface area contributed by atoms with E-state index in [1.165, 1.54) is 31.2 Å². The second-order valence-corrected chi connectivity index (χ2v) is 7.82. The van der Waals surface area contributed by atoms with Gasteiger partial charge in [-0.15, -0.1) is 0 Å². The highest BCUT2D eigenvalue weighted by molar-refractivity contribution is 5.79. The number of benzene rings is 1. The smallest absolute Gasteiger partial charge is 0.191 e. The van der Waals surface area contributed by atoms with Gasteiger partial charge in [0.2, 0.25) is 0 Å². The van der Waals surface area contributed by atoms with Crippen molar-refractivity contribution < 1.29 is 4.74 Å². The summed E-state index contributed by atoms with van der Waals surface area (Å²) in [7, 11) is 0. The molecule has 0 atom stereocenters. The summed E-state index contributed by atoms with van der Waals surface area (Å²) in [6.07, 6.45) is 10.1. The van der Waals surface area contributed by atoms with E-state index in [2.05, 4.69) is 53.8 Å². The Bertz CT molecular complexity index is 733. The van der Waals surface area contributed by atoms with Crippen LogP contribution in [-0.4, -0.2) is 42.0 Å². The summed E-state index contributed by atoms with van der Waals surface area (Å²) in [6, 6.07) is 10.3. The van der Waals surface area contributed by atoms with Crippen molar-refractivity contribution >= 4 is 5.96 Å². The van der Waals surface area contributed by atoms with Gasteiger partial charge in [0.05, 0.1) is 12.2 Å². The summed E-state index contributed by atoms with van der Waals surface area (Å²) in [4.78, 5) is 4.81. The second kappa shape index (κ2) is 11.0. The number of rotatable bonds is 10. The van der Waals surface area contributed by atoms with Crippen molar-refractivity contribution in [1.82, 2.24) is 20.4 Å². The molecule has 1 saturated carbocycles. The van der Waals surface area contributed by atoms with Gasteiger partial charge in [0.1, 0.15) is 0 Å². The lowest BCUT2D eigenvalue weighted by atomic mass is 9.83. The molecule has 0 bridgehead atoms. The molecule has 1 heterocycles. The minimum Gasteiger partial charge on any atom is -0.382 e. The van der Waals surface area contributed by atoms with E-state index in [1.807, 2.05) is 16.9 Å². The quantitative estimate of drug-likeness (QED) is 0.362. The largest absolute Gasteiger partial charge is 0.382 e. The van der Waals surface area contributed by atoms with Crippen LogP contribution in [0.2, 0.25) is 0 Å². The molecular formula is C23H35N5O. The lowest BCUT2D eigenvalue weighted by Gasteiger charge is -2.30. The van der Waals surface area contributed by atoms with Gasteiger partial charge in [-0.2, -0.15) is 5.10 Å². The molecule has 2 N–H and O–H groups in total. The molecule has 0 saturated heterocycles. The predicted octanol–water partition coefficient (Wildman–Crippen LogP) is 3.91. The number of nitrogens with zero attached hydrogens (tertiary/aromatic N) is 3. The fourth-order valence-electron chi connectivity index (χ4n) is 4.03. The highest BCUT2D eigenvalue weighted by atomic mass is 16.5. The van der Waals surface area contributed by atoms with E-state index in [9.17, 15) is 0 Å². The van der Waals surface area contributed by atoms with Crippen LogP contribution in [-0.2, 0) is 11.3 Å². The van der Waals surface area contributed by atoms with Gasteiger partial charge in [0.25, 0.3) is 0 Å². The molecule has 0 aliphatic heterocycles. The molecule has 158 valence electrons. The Morgan fingerprint density at radius 1 is 1.17 bits per heavy atom. The van der Waals surface area contributed by atoms with E-state index < -0.39 is 0 Å². The zero-order valence-electron chi connectivity index (χ0n) is 17.9. The van der Waals surface area contributed by atoms with Crippen molar-refractivity contribution in [2.24, 2.45) is 10.4 Å². The molecule has 1 aromatic heterocycles. The molecule has 1 aliphatic carbocycles. The van der Waals surface area contributed by atoms with Crippen LogP contribution in [0.4, 0.5) is 0 Å². The van der Waals surface area contributed by atoms with E-state index >= 15 is 0 Å². The monoisotopic (exact) mass is 397 g/mol. The second-order valence-electron chi connectivity index (χ2n) is 7.82. The number of aromatic nitrogens is 2. The number of hydrogen-bond acceptors (Lipinski definition) is 3. The van der Waals surface area contributed by atoms with Crippen molar-refractivity contribution in [3.05, 3.63) is 48.3 Å². The van der Waals surface area contributed by atoms with Gasteiger partial charge >= 0.3 is 0 Å². The lowest BCUT2D eigenvalue weighted by Crippen LogP contribution is -2.43. The van der Waals surface area contributed by atoms with E-state index in [0.29, 0.717) is 12.0 Å². The van der Waals surface area contributed by atoms with E-state index in [1.54, 1.807) is 6.20 Å². The Balaban J connectivity index is 1.57. The van der Waals surface area contributed by atoms with Crippen molar-refractivity contribution in [3.8, 4) is 5.69 Å². The minimum atomic E-state index is 0.344. The molecule has 0 unspecified atom stereocenters. The number of nitrogens with one attached hydrogen (secondary N) is 2. The fraction of sp³-hybridized carbons (Fsp3) is 0.565. The van der Waals surface area contributed by atoms with Gasteiger partial charge < -0.3 is 15.4 Å². The van der Waals surface area contributed by atoms with Crippen LogP contribution in [0.3, 0.4) is 0 Å². The Kier molecular flexibility index (Phi) is 8.11. The van der Waals surface area contributed by atoms with Gasteiger partial charge in [0, 0.05) is 38.7 Å². The molecule has 2 aromatic rings. The van der Waals surface area contributed by atoms with Gasteiger partial charge in [-0.3, -0.25) is 0 Å². The molecule has 6 heteroatoms. The van der Waals surface area contributed by atoms with Crippen molar-refractivity contribution in [3.63, 3.8) is 0 Å². The van der Waals surface area contributed by atoms with Crippen LogP contribution in [0.15, 0.2) is 47.7 Å². The number of aliphatic imine (C=N–C) groups is 1. The first-order chi connectivity index (χ1) is 14.2. The fourth-order valence-corrected chi connectivity index (χ4v) is 4.03. The summed E-state index contributed by atoms with van der Waals surface area (Å²) in [5, 5.41) is 11.3. The van der Waals surface area contributed by atoms with Crippen LogP contribution in [0, 0.1) is 5.41 Å². The normalized spacial score (nSPS) is 16.1. The van der Waals surface area contributed by atoms with Crippen LogP contribution in [0.5, 0.6) is 0 Å². The summed E-state index contributed by atoms with van der Waals surface area (Å²) in [6.45, 7) is 8.30. The summed E-state index contributed by atoms with van der Waals surface area (Å²) in [5.74, 6) is 0.895. The van der Waals surface area contributed by atoms with Crippen molar-refractivity contribution in [2.45, 2.75) is 52.5 Å². The molecule has 29 heavy (non-hydrogen) atoms. The number of hydrogen-bond donors (Lipinski definition) is 2. The maximum absolute atomic E-state index is 5.64. The molecule has 0 radical (unpaired) electrons. The standard InChI is InChI=1S/C23H35N5O/c1-3-24-22(26-19-23(12-5-6-13-23)14-17-29-4-2)25-18-20-8-10-21(11-9-20)28-16-7-15-27-28/h7-11,15-16H,3-6,12-14,17-19H2,1-2H3,(H2,24,25,26). The minimum absolute atomic E-state index is 0.344. The lowest BCUT2D eigenvalue weighted by molar-refractivity contribution is 0.105. The van der Waals surface area contributed by atoms with Gasteiger partial charge in [0.15, 0.2) is 5.96 Å². The Morgan fingerprint density at radius 2 is 1.97 bits per heavy atom. The third kappa shape index (κ3) is 6.32. The van der Waals surface area contributed by atoms with Crippen LogP contribution in [0.1, 0.15) is 51.5 Å². The SMILES string of the molecule is CCNC(=NCc1ccc(-n2cccn2)cc1)NCC1(CCOCC)CCCC1. The van der Waals surface area contributed by atoms with Gasteiger partial charge in [-0.05, 0) is 62.3 Å². The highest BCUT2D eigenvalue weighted by Crippen LogP contribution is 2.40. The number of guanidine groups is 1. The van der Waals surface area contributed by atoms with Crippen LogP contribution >= 0.6 is 0 Å². The topological polar surface area (TPSA) is 63.5 Å². The average Bonchev–Trinajstić information content (AvgIpc) is 3.44. The highest BCUT2D eigenvalue weighted by Gasteiger charge is 2.33. The van der Waals surface area contributed by atoms with Crippen molar-refractivity contribution in [2.75, 3.05) is 26.3 Å². The first kappa shape index (κ1) is 21.4. The Hall–Kier alpha value is -2.34. The van der Waals surface area contributed by atoms with E-state index in [4.69, 9.17) is 9.73 Å².